The molecule has 0 atom stereocenters. The monoisotopic (exact) mass is 193 g/mol. The van der Waals surface area contributed by atoms with Gasteiger partial charge in [-0.1, -0.05) is 20.8 Å². The van der Waals surface area contributed by atoms with Gasteiger partial charge in [0.2, 0.25) is 0 Å². The Morgan fingerprint density at radius 2 is 1.92 bits per heavy atom. The molecule has 0 spiro atoms. The highest BCUT2D eigenvalue weighted by molar-refractivity contribution is 4.83. The smallest absolute Gasteiger partial charge is 0.317 e. The number of nitrogens with zero attached hydrogens (tertiary/aromatic N) is 1. The van der Waals surface area contributed by atoms with Crippen molar-refractivity contribution in [2.75, 3.05) is 19.6 Å². The number of ether oxygens (including phenoxy) is 1. The fourth-order valence-corrected chi connectivity index (χ4v) is 1.55. The van der Waals surface area contributed by atoms with E-state index < -0.39 is 6.61 Å². The van der Waals surface area contributed by atoms with E-state index in [1.54, 1.807) is 0 Å². The lowest BCUT2D eigenvalue weighted by Gasteiger charge is -2.41. The van der Waals surface area contributed by atoms with Crippen molar-refractivity contribution in [2.24, 2.45) is 5.41 Å². The third-order valence-corrected chi connectivity index (χ3v) is 1.92. The molecule has 1 aliphatic rings. The van der Waals surface area contributed by atoms with Crippen LogP contribution in [-0.2, 0) is 4.74 Å². The predicted molar refractivity (Wildman–Crippen MR) is 46.8 cm³/mol. The Morgan fingerprint density at radius 1 is 1.38 bits per heavy atom. The van der Waals surface area contributed by atoms with Gasteiger partial charge in [-0.3, -0.25) is 4.90 Å². The third kappa shape index (κ3) is 4.00. The molecule has 78 valence electrons. The molecule has 0 N–H and O–H groups in total. The summed E-state index contributed by atoms with van der Waals surface area (Å²) in [5.41, 5.74) is 0.232. The van der Waals surface area contributed by atoms with Gasteiger partial charge in [-0.2, -0.15) is 8.78 Å². The van der Waals surface area contributed by atoms with Gasteiger partial charge in [0, 0.05) is 19.6 Å². The van der Waals surface area contributed by atoms with Gasteiger partial charge >= 0.3 is 6.61 Å². The average molecular weight is 193 g/mol. The average Bonchev–Trinajstić information content (AvgIpc) is 1.78. The largest absolute Gasteiger partial charge is 0.345 e. The van der Waals surface area contributed by atoms with Crippen LogP contribution in [0.25, 0.3) is 0 Å². The molecule has 13 heavy (non-hydrogen) atoms. The number of halogens is 2. The highest BCUT2D eigenvalue weighted by Gasteiger charge is 2.31. The molecule has 0 aromatic carbocycles. The summed E-state index contributed by atoms with van der Waals surface area (Å²) in [4.78, 5) is 2.13. The Labute approximate surface area is 77.9 Å². The van der Waals surface area contributed by atoms with Crippen molar-refractivity contribution in [1.29, 1.82) is 0 Å². The van der Waals surface area contributed by atoms with E-state index in [4.69, 9.17) is 0 Å². The quantitative estimate of drug-likeness (QED) is 0.679. The van der Waals surface area contributed by atoms with Crippen LogP contribution in [0, 0.1) is 5.41 Å². The molecule has 0 aromatic rings. The van der Waals surface area contributed by atoms with Gasteiger partial charge in [-0.05, 0) is 5.41 Å². The van der Waals surface area contributed by atoms with Crippen LogP contribution in [0.2, 0.25) is 0 Å². The van der Waals surface area contributed by atoms with Crippen LogP contribution >= 0.6 is 0 Å². The molecule has 0 aromatic heterocycles. The SMILES string of the molecule is CC(C)(C)CN1CC(OC(F)F)C1. The fourth-order valence-electron chi connectivity index (χ4n) is 1.55. The molecule has 1 saturated heterocycles. The van der Waals surface area contributed by atoms with Crippen molar-refractivity contribution in [3.05, 3.63) is 0 Å². The van der Waals surface area contributed by atoms with Crippen molar-refractivity contribution >= 4 is 0 Å². The summed E-state index contributed by atoms with van der Waals surface area (Å²) < 4.78 is 27.8. The molecule has 1 rings (SSSR count). The van der Waals surface area contributed by atoms with Gasteiger partial charge in [0.25, 0.3) is 0 Å². The van der Waals surface area contributed by atoms with Gasteiger partial charge < -0.3 is 4.74 Å². The molecule has 1 aliphatic heterocycles. The van der Waals surface area contributed by atoms with E-state index in [1.165, 1.54) is 0 Å². The van der Waals surface area contributed by atoms with Crippen LogP contribution in [0.4, 0.5) is 8.78 Å². The van der Waals surface area contributed by atoms with Crippen molar-refractivity contribution < 1.29 is 13.5 Å². The Balaban J connectivity index is 2.12. The van der Waals surface area contributed by atoms with Crippen molar-refractivity contribution in [1.82, 2.24) is 4.90 Å². The number of alkyl halides is 2. The molecule has 1 heterocycles. The van der Waals surface area contributed by atoms with Crippen molar-refractivity contribution in [3.63, 3.8) is 0 Å². The minimum absolute atomic E-state index is 0.232. The van der Waals surface area contributed by atoms with E-state index in [0.717, 1.165) is 6.54 Å². The molecule has 0 radical (unpaired) electrons. The lowest BCUT2D eigenvalue weighted by Crippen LogP contribution is -2.54. The van der Waals surface area contributed by atoms with Gasteiger partial charge in [0.05, 0.1) is 6.10 Å². The summed E-state index contributed by atoms with van der Waals surface area (Å²) in [5.74, 6) is 0. The summed E-state index contributed by atoms with van der Waals surface area (Å²) in [6.07, 6.45) is -0.262. The van der Waals surface area contributed by atoms with Crippen LogP contribution in [0.5, 0.6) is 0 Å². The summed E-state index contributed by atoms with van der Waals surface area (Å²) in [5, 5.41) is 0. The summed E-state index contributed by atoms with van der Waals surface area (Å²) in [7, 11) is 0. The first-order valence-corrected chi connectivity index (χ1v) is 4.53. The predicted octanol–water partition coefficient (Wildman–Crippen LogP) is 1.96. The maximum Gasteiger partial charge on any atom is 0.345 e. The Morgan fingerprint density at radius 3 is 2.31 bits per heavy atom. The molecule has 0 bridgehead atoms. The first kappa shape index (κ1) is 10.9. The highest BCUT2D eigenvalue weighted by atomic mass is 19.3. The van der Waals surface area contributed by atoms with Crippen LogP contribution in [0.15, 0.2) is 0 Å². The number of hydrogen-bond donors (Lipinski definition) is 0. The van der Waals surface area contributed by atoms with E-state index in [1.807, 2.05) is 0 Å². The topological polar surface area (TPSA) is 12.5 Å². The molecule has 0 aliphatic carbocycles. The highest BCUT2D eigenvalue weighted by Crippen LogP contribution is 2.21. The van der Waals surface area contributed by atoms with Crippen molar-refractivity contribution in [2.45, 2.75) is 33.5 Å². The van der Waals surface area contributed by atoms with Crippen LogP contribution in [0.1, 0.15) is 20.8 Å². The second kappa shape index (κ2) is 3.88. The summed E-state index contributed by atoms with van der Waals surface area (Å²) in [6, 6.07) is 0. The van der Waals surface area contributed by atoms with Gasteiger partial charge in [0.1, 0.15) is 0 Å². The molecule has 0 saturated carbocycles. The molecular weight excluding hydrogens is 176 g/mol. The van der Waals surface area contributed by atoms with Crippen LogP contribution in [-0.4, -0.2) is 37.2 Å². The van der Waals surface area contributed by atoms with E-state index in [2.05, 4.69) is 30.4 Å². The molecule has 0 unspecified atom stereocenters. The maximum absolute atomic E-state index is 11.7. The normalized spacial score (nSPS) is 20.8. The van der Waals surface area contributed by atoms with E-state index in [-0.39, 0.29) is 11.5 Å². The second-order valence-electron chi connectivity index (χ2n) is 4.77. The first-order chi connectivity index (χ1) is 5.87. The van der Waals surface area contributed by atoms with Gasteiger partial charge in [-0.15, -0.1) is 0 Å². The number of rotatable bonds is 3. The zero-order valence-corrected chi connectivity index (χ0v) is 8.39. The lowest BCUT2D eigenvalue weighted by atomic mass is 9.94. The fraction of sp³-hybridized carbons (Fsp3) is 1.00. The van der Waals surface area contributed by atoms with E-state index >= 15 is 0 Å². The van der Waals surface area contributed by atoms with Gasteiger partial charge in [-0.25, -0.2) is 0 Å². The van der Waals surface area contributed by atoms with E-state index in [9.17, 15) is 8.78 Å². The first-order valence-electron chi connectivity index (χ1n) is 4.53. The summed E-state index contributed by atoms with van der Waals surface area (Å²) >= 11 is 0. The lowest BCUT2D eigenvalue weighted by molar-refractivity contribution is -0.197. The zero-order chi connectivity index (χ0) is 10.1. The van der Waals surface area contributed by atoms with Crippen LogP contribution in [0.3, 0.4) is 0 Å². The Kier molecular flexibility index (Phi) is 3.24. The second-order valence-corrected chi connectivity index (χ2v) is 4.77. The standard InChI is InChI=1S/C9H17F2NO/c1-9(2,3)6-12-4-7(5-12)13-8(10)11/h7-8H,4-6H2,1-3H3. The molecular formula is C9H17F2NO. The van der Waals surface area contributed by atoms with Gasteiger partial charge in [0.15, 0.2) is 0 Å². The van der Waals surface area contributed by atoms with Crippen molar-refractivity contribution in [3.8, 4) is 0 Å². The molecule has 2 nitrogen and oxygen atoms in total. The minimum atomic E-state index is -2.62. The number of likely N-dealkylation sites (tertiary alicyclic amines) is 1. The minimum Gasteiger partial charge on any atom is -0.317 e. The maximum atomic E-state index is 11.7. The zero-order valence-electron chi connectivity index (χ0n) is 8.39. The van der Waals surface area contributed by atoms with Crippen LogP contribution < -0.4 is 0 Å². The molecule has 4 heteroatoms. The summed E-state index contributed by atoms with van der Waals surface area (Å²) in [6.45, 7) is 6.00. The number of hydrogen-bond acceptors (Lipinski definition) is 2. The molecule has 1 fully saturated rings. The third-order valence-electron chi connectivity index (χ3n) is 1.92. The Bertz CT molecular complexity index is 161. The van der Waals surface area contributed by atoms with E-state index in [0.29, 0.717) is 13.1 Å². The molecule has 0 amide bonds. The Hall–Kier alpha value is -0.220.